The molecule has 2 aromatic rings. The smallest absolute Gasteiger partial charge is 0.306 e. The molecule has 0 heterocycles. The number of carbonyl (C=O) groups is 1. The van der Waals surface area contributed by atoms with Crippen molar-refractivity contribution in [1.82, 2.24) is 0 Å². The second kappa shape index (κ2) is 6.01. The van der Waals surface area contributed by atoms with E-state index in [9.17, 15) is 19.3 Å². The molecule has 0 fully saturated rings. The zero-order valence-corrected chi connectivity index (χ0v) is 12.5. The molecule has 2 aromatic carbocycles. The van der Waals surface area contributed by atoms with E-state index in [1.54, 1.807) is 25.1 Å². The Morgan fingerprint density at radius 3 is 2.67 bits per heavy atom. The Bertz CT molecular complexity index is 734. The summed E-state index contributed by atoms with van der Waals surface area (Å²) in [6, 6.07) is 8.42. The molecule has 0 saturated heterocycles. The fourth-order valence-corrected chi connectivity index (χ4v) is 2.13. The van der Waals surface area contributed by atoms with Crippen molar-refractivity contribution in [2.24, 2.45) is 0 Å². The number of hydrogen-bond donors (Lipinski definition) is 1. The molecule has 0 bridgehead atoms. The molecule has 5 nitrogen and oxygen atoms in total. The van der Waals surface area contributed by atoms with Gasteiger partial charge in [0.1, 0.15) is 0 Å². The van der Waals surface area contributed by atoms with Crippen LogP contribution < -0.4 is 5.32 Å². The molecule has 0 aliphatic carbocycles. The molecule has 2 rings (SSSR count). The van der Waals surface area contributed by atoms with Gasteiger partial charge in [-0.25, -0.2) is 0 Å². The number of nitrogens with one attached hydrogen (secondary N) is 1. The van der Waals surface area contributed by atoms with Crippen molar-refractivity contribution in [3.05, 3.63) is 67.9 Å². The molecule has 0 aromatic heterocycles. The van der Waals surface area contributed by atoms with E-state index >= 15 is 0 Å². The third kappa shape index (κ3) is 3.43. The quantitative estimate of drug-likeness (QED) is 0.668. The summed E-state index contributed by atoms with van der Waals surface area (Å²) in [6.45, 7) is 1.77. The SMILES string of the molecule is Cc1ccc(Br)cc1C(=O)Nc1ccc(F)c([N+](=O)[O-])c1. The highest BCUT2D eigenvalue weighted by Crippen LogP contribution is 2.23. The van der Waals surface area contributed by atoms with Crippen LogP contribution in [0.1, 0.15) is 15.9 Å². The lowest BCUT2D eigenvalue weighted by atomic mass is 10.1. The lowest BCUT2D eigenvalue weighted by Gasteiger charge is -2.08. The summed E-state index contributed by atoms with van der Waals surface area (Å²) in [5.41, 5.74) is 0.662. The first-order chi connectivity index (χ1) is 9.88. The number of nitrogens with zero attached hydrogens (tertiary/aromatic N) is 1. The molecule has 108 valence electrons. The molecule has 0 unspecified atom stereocenters. The fourth-order valence-electron chi connectivity index (χ4n) is 1.77. The third-order valence-electron chi connectivity index (χ3n) is 2.84. The highest BCUT2D eigenvalue weighted by molar-refractivity contribution is 9.10. The van der Waals surface area contributed by atoms with Crippen molar-refractivity contribution in [3.63, 3.8) is 0 Å². The zero-order chi connectivity index (χ0) is 15.6. The molecule has 0 aliphatic heterocycles. The van der Waals surface area contributed by atoms with Gasteiger partial charge in [-0.1, -0.05) is 22.0 Å². The maximum Gasteiger partial charge on any atom is 0.306 e. The first-order valence-electron chi connectivity index (χ1n) is 5.90. The van der Waals surface area contributed by atoms with E-state index < -0.39 is 22.3 Å². The lowest BCUT2D eigenvalue weighted by Crippen LogP contribution is -2.13. The van der Waals surface area contributed by atoms with Gasteiger partial charge in [0, 0.05) is 21.8 Å². The second-order valence-electron chi connectivity index (χ2n) is 4.34. The molecule has 0 aliphatic rings. The largest absolute Gasteiger partial charge is 0.322 e. The maximum absolute atomic E-state index is 13.2. The molecule has 0 spiro atoms. The van der Waals surface area contributed by atoms with Gasteiger partial charge in [0.2, 0.25) is 5.82 Å². The minimum Gasteiger partial charge on any atom is -0.322 e. The molecule has 21 heavy (non-hydrogen) atoms. The average molecular weight is 353 g/mol. The van der Waals surface area contributed by atoms with Crippen LogP contribution >= 0.6 is 15.9 Å². The Labute approximate surface area is 128 Å². The number of aryl methyl sites for hydroxylation is 1. The average Bonchev–Trinajstić information content (AvgIpc) is 2.43. The highest BCUT2D eigenvalue weighted by Gasteiger charge is 2.16. The van der Waals surface area contributed by atoms with Crippen LogP contribution in [0.4, 0.5) is 15.8 Å². The van der Waals surface area contributed by atoms with Gasteiger partial charge < -0.3 is 5.32 Å². The zero-order valence-electron chi connectivity index (χ0n) is 10.9. The normalized spacial score (nSPS) is 10.2. The van der Waals surface area contributed by atoms with Crippen molar-refractivity contribution in [3.8, 4) is 0 Å². The Morgan fingerprint density at radius 2 is 2.00 bits per heavy atom. The van der Waals surface area contributed by atoms with Gasteiger partial charge in [-0.05, 0) is 36.8 Å². The fraction of sp³-hybridized carbons (Fsp3) is 0.0714. The van der Waals surface area contributed by atoms with E-state index in [1.807, 2.05) is 0 Å². The topological polar surface area (TPSA) is 72.2 Å². The van der Waals surface area contributed by atoms with Gasteiger partial charge in [-0.3, -0.25) is 14.9 Å². The lowest BCUT2D eigenvalue weighted by molar-refractivity contribution is -0.387. The van der Waals surface area contributed by atoms with Gasteiger partial charge in [-0.15, -0.1) is 0 Å². The standard InChI is InChI=1S/C14H10BrFN2O3/c1-8-2-3-9(15)6-11(8)14(19)17-10-4-5-12(16)13(7-10)18(20)21/h2-7H,1H3,(H,17,19). The van der Waals surface area contributed by atoms with Crippen LogP contribution in [0.15, 0.2) is 40.9 Å². The molecule has 0 radical (unpaired) electrons. The van der Waals surface area contributed by atoms with E-state index in [0.29, 0.717) is 5.56 Å². The Balaban J connectivity index is 2.29. The predicted molar refractivity (Wildman–Crippen MR) is 79.9 cm³/mol. The molecule has 0 saturated carbocycles. The number of anilines is 1. The van der Waals surface area contributed by atoms with Crippen LogP contribution in [0, 0.1) is 22.9 Å². The maximum atomic E-state index is 13.2. The van der Waals surface area contributed by atoms with Gasteiger partial charge in [0.25, 0.3) is 5.91 Å². The molecule has 7 heteroatoms. The Hall–Kier alpha value is -2.28. The molecular formula is C14H10BrFN2O3. The van der Waals surface area contributed by atoms with Crippen molar-refractivity contribution in [2.45, 2.75) is 6.92 Å². The van der Waals surface area contributed by atoms with Gasteiger partial charge in [-0.2, -0.15) is 4.39 Å². The van der Waals surface area contributed by atoms with Crippen LogP contribution in [0.3, 0.4) is 0 Å². The molecule has 1 amide bonds. The monoisotopic (exact) mass is 352 g/mol. The summed E-state index contributed by atoms with van der Waals surface area (Å²) in [5.74, 6) is -1.37. The predicted octanol–water partition coefficient (Wildman–Crippen LogP) is 4.06. The number of halogens is 2. The number of rotatable bonds is 3. The van der Waals surface area contributed by atoms with Crippen molar-refractivity contribution >= 4 is 33.2 Å². The number of benzene rings is 2. The summed E-state index contributed by atoms with van der Waals surface area (Å²) in [7, 11) is 0. The summed E-state index contributed by atoms with van der Waals surface area (Å²) in [6.07, 6.45) is 0. The van der Waals surface area contributed by atoms with E-state index in [4.69, 9.17) is 0 Å². The summed E-state index contributed by atoms with van der Waals surface area (Å²) in [4.78, 5) is 22.0. The van der Waals surface area contributed by atoms with Crippen LogP contribution in [0.5, 0.6) is 0 Å². The van der Waals surface area contributed by atoms with E-state index in [1.165, 1.54) is 6.07 Å². The van der Waals surface area contributed by atoms with Crippen LogP contribution in [-0.2, 0) is 0 Å². The van der Waals surface area contributed by atoms with Crippen molar-refractivity contribution in [1.29, 1.82) is 0 Å². The van der Waals surface area contributed by atoms with Crippen molar-refractivity contribution in [2.75, 3.05) is 5.32 Å². The number of nitro benzene ring substituents is 1. The summed E-state index contributed by atoms with van der Waals surface area (Å²) < 4.78 is 14.0. The van der Waals surface area contributed by atoms with Crippen LogP contribution in [0.2, 0.25) is 0 Å². The number of carbonyl (C=O) groups excluding carboxylic acids is 1. The Morgan fingerprint density at radius 1 is 1.29 bits per heavy atom. The Kier molecular flexibility index (Phi) is 4.32. The molecular weight excluding hydrogens is 343 g/mol. The molecule has 1 N–H and O–H groups in total. The van der Waals surface area contributed by atoms with Gasteiger partial charge in [0.05, 0.1) is 4.92 Å². The third-order valence-corrected chi connectivity index (χ3v) is 3.34. The summed E-state index contributed by atoms with van der Waals surface area (Å²) in [5, 5.41) is 13.2. The second-order valence-corrected chi connectivity index (χ2v) is 5.25. The van der Waals surface area contributed by atoms with Gasteiger partial charge in [0.15, 0.2) is 0 Å². The van der Waals surface area contributed by atoms with Gasteiger partial charge >= 0.3 is 5.69 Å². The van der Waals surface area contributed by atoms with Crippen LogP contribution in [0.25, 0.3) is 0 Å². The first-order valence-corrected chi connectivity index (χ1v) is 6.69. The number of hydrogen-bond acceptors (Lipinski definition) is 3. The highest BCUT2D eigenvalue weighted by atomic mass is 79.9. The number of amides is 1. The van der Waals surface area contributed by atoms with E-state index in [0.717, 1.165) is 22.2 Å². The molecule has 0 atom stereocenters. The van der Waals surface area contributed by atoms with Crippen molar-refractivity contribution < 1.29 is 14.1 Å². The minimum absolute atomic E-state index is 0.160. The first kappa shape index (κ1) is 15.1. The number of nitro groups is 1. The van der Waals surface area contributed by atoms with Crippen LogP contribution in [-0.4, -0.2) is 10.8 Å². The minimum atomic E-state index is -0.948. The van der Waals surface area contributed by atoms with E-state index in [2.05, 4.69) is 21.2 Å². The summed E-state index contributed by atoms with van der Waals surface area (Å²) >= 11 is 3.27. The van der Waals surface area contributed by atoms with E-state index in [-0.39, 0.29) is 5.69 Å².